The molecular formula is C29H30ClN3O7S. The number of carboxylic acids is 1. The average molecular weight is 600 g/mol. The van der Waals surface area contributed by atoms with E-state index < -0.39 is 45.0 Å². The third-order valence-corrected chi connectivity index (χ3v) is 8.48. The molecule has 3 aromatic rings. The van der Waals surface area contributed by atoms with E-state index in [0.29, 0.717) is 4.31 Å². The number of nitrogens with one attached hydrogen (secondary N) is 1. The Morgan fingerprint density at radius 2 is 1.76 bits per heavy atom. The Hall–Kier alpha value is -4.09. The number of anilines is 1. The second-order valence-corrected chi connectivity index (χ2v) is 12.9. The molecule has 2 amide bonds. The minimum Gasteiger partial charge on any atom is -0.478 e. The molecule has 2 N–H and O–H groups in total. The summed E-state index contributed by atoms with van der Waals surface area (Å²) in [5.74, 6) is -1.78. The summed E-state index contributed by atoms with van der Waals surface area (Å²) in [6.45, 7) is 6.16. The summed E-state index contributed by atoms with van der Waals surface area (Å²) in [6.07, 6.45) is -0.461. The lowest BCUT2D eigenvalue weighted by Crippen LogP contribution is -2.45. The van der Waals surface area contributed by atoms with Gasteiger partial charge in [-0.1, -0.05) is 41.9 Å². The first-order valence-electron chi connectivity index (χ1n) is 12.7. The molecule has 0 bridgehead atoms. The average Bonchev–Trinajstić information content (AvgIpc) is 3.21. The van der Waals surface area contributed by atoms with E-state index in [4.69, 9.17) is 16.3 Å². The molecule has 0 spiro atoms. The summed E-state index contributed by atoms with van der Waals surface area (Å²) in [7, 11) is -4.69. The van der Waals surface area contributed by atoms with E-state index in [1.54, 1.807) is 25.8 Å². The van der Waals surface area contributed by atoms with Gasteiger partial charge in [0, 0.05) is 5.56 Å². The van der Waals surface area contributed by atoms with Crippen molar-refractivity contribution < 1.29 is 32.6 Å². The topological polar surface area (TPSA) is 133 Å². The lowest BCUT2D eigenvalue weighted by Gasteiger charge is -2.28. The number of fused-ring (bicyclic) bond motifs is 1. The molecule has 0 aliphatic carbocycles. The van der Waals surface area contributed by atoms with Gasteiger partial charge in [-0.3, -0.25) is 15.2 Å². The van der Waals surface area contributed by atoms with Gasteiger partial charge in [0.15, 0.2) is 0 Å². The number of nitrogens with zero attached hydrogens (tertiary/aromatic N) is 2. The molecule has 0 radical (unpaired) electrons. The number of sulfonamides is 1. The fourth-order valence-corrected chi connectivity index (χ4v) is 6.19. The molecule has 12 heteroatoms. The molecular weight excluding hydrogens is 570 g/mol. The number of amides is 2. The number of carbonyl (C=O) groups is 3. The molecule has 41 heavy (non-hydrogen) atoms. The fourth-order valence-electron chi connectivity index (χ4n) is 4.40. The number of benzene rings is 3. The summed E-state index contributed by atoms with van der Waals surface area (Å²) >= 11 is 6.32. The van der Waals surface area contributed by atoms with Gasteiger partial charge >= 0.3 is 12.1 Å². The highest BCUT2D eigenvalue weighted by molar-refractivity contribution is 7.89. The molecule has 1 unspecified atom stereocenters. The van der Waals surface area contributed by atoms with Gasteiger partial charge in [0.05, 0.1) is 28.9 Å². The molecule has 0 aromatic heterocycles. The predicted octanol–water partition coefficient (Wildman–Crippen LogP) is 5.26. The zero-order valence-electron chi connectivity index (χ0n) is 22.9. The molecule has 0 fully saturated rings. The number of hydrogen-bond donors (Lipinski definition) is 2. The third kappa shape index (κ3) is 6.63. The van der Waals surface area contributed by atoms with E-state index in [1.807, 2.05) is 31.2 Å². The van der Waals surface area contributed by atoms with Crippen LogP contribution in [-0.4, -0.2) is 47.4 Å². The Bertz CT molecular complexity index is 1620. The van der Waals surface area contributed by atoms with Crippen LogP contribution >= 0.6 is 11.6 Å². The van der Waals surface area contributed by atoms with Crippen LogP contribution in [0.5, 0.6) is 0 Å². The molecule has 4 rings (SSSR count). The van der Waals surface area contributed by atoms with Crippen LogP contribution < -0.4 is 10.4 Å². The Kier molecular flexibility index (Phi) is 8.32. The maximum Gasteiger partial charge on any atom is 0.424 e. The summed E-state index contributed by atoms with van der Waals surface area (Å²) in [5, 5.41) is 10.9. The molecule has 216 valence electrons. The van der Waals surface area contributed by atoms with Crippen molar-refractivity contribution in [2.75, 3.05) is 5.01 Å². The minimum atomic E-state index is -4.69. The molecule has 1 aliphatic heterocycles. The van der Waals surface area contributed by atoms with Crippen molar-refractivity contribution in [2.45, 2.75) is 57.2 Å². The lowest BCUT2D eigenvalue weighted by molar-refractivity contribution is 0.0381. The summed E-state index contributed by atoms with van der Waals surface area (Å²) in [6, 6.07) is 16.9. The zero-order valence-corrected chi connectivity index (χ0v) is 24.5. The van der Waals surface area contributed by atoms with Gasteiger partial charge in [-0.05, 0) is 81.6 Å². The molecule has 10 nitrogen and oxygen atoms in total. The van der Waals surface area contributed by atoms with Gasteiger partial charge in [-0.15, -0.1) is 0 Å². The molecule has 0 saturated carbocycles. The van der Waals surface area contributed by atoms with Gasteiger partial charge in [0.25, 0.3) is 15.9 Å². The first kappa shape index (κ1) is 29.9. The summed E-state index contributed by atoms with van der Waals surface area (Å²) in [4.78, 5) is 37.4. The maximum absolute atomic E-state index is 13.9. The Balaban J connectivity index is 1.69. The van der Waals surface area contributed by atoms with Crippen LogP contribution in [0.15, 0.2) is 71.6 Å². The number of rotatable bonds is 7. The lowest BCUT2D eigenvalue weighted by atomic mass is 10.1. The second kappa shape index (κ2) is 11.4. The van der Waals surface area contributed by atoms with Crippen LogP contribution in [0.2, 0.25) is 5.02 Å². The first-order chi connectivity index (χ1) is 19.2. The molecule has 1 aliphatic rings. The van der Waals surface area contributed by atoms with E-state index in [9.17, 15) is 27.9 Å². The highest BCUT2D eigenvalue weighted by Gasteiger charge is 2.36. The van der Waals surface area contributed by atoms with Gasteiger partial charge in [-0.2, -0.15) is 4.31 Å². The first-order valence-corrected chi connectivity index (χ1v) is 14.5. The Morgan fingerprint density at radius 1 is 1.05 bits per heavy atom. The van der Waals surface area contributed by atoms with Crippen LogP contribution in [0.1, 0.15) is 59.5 Å². The standard InChI is InChI=1S/C29H30ClN3O7S/c1-18-14-20-9-5-6-11-24(20)33(18)31-26(34)21-12-13-23(30)25(16-21)41(38,39)32(28(37)40-29(2,3)4)17-19-8-7-10-22(15-19)27(35)36/h5-13,15-16,18H,14,17H2,1-4H3,(H,31,34)(H,35,36). The number of carbonyl (C=O) groups excluding carboxylic acids is 2. The van der Waals surface area contributed by atoms with Crippen LogP contribution in [0.4, 0.5) is 10.5 Å². The highest BCUT2D eigenvalue weighted by Crippen LogP contribution is 2.31. The van der Waals surface area contributed by atoms with E-state index in [1.165, 1.54) is 36.4 Å². The third-order valence-electron chi connectivity index (χ3n) is 6.29. The SMILES string of the molecule is CC1Cc2ccccc2N1NC(=O)c1ccc(Cl)c(S(=O)(=O)N(Cc2cccc(C(=O)O)c2)C(=O)OC(C)(C)C)c1. The number of ether oxygens (including phenoxy) is 1. The molecule has 1 heterocycles. The van der Waals surface area contributed by atoms with Crippen molar-refractivity contribution in [1.82, 2.24) is 9.73 Å². The molecule has 1 atom stereocenters. The number of halogens is 1. The summed E-state index contributed by atoms with van der Waals surface area (Å²) in [5.41, 5.74) is 3.85. The van der Waals surface area contributed by atoms with E-state index in [2.05, 4.69) is 5.43 Å². The zero-order chi connectivity index (χ0) is 30.1. The van der Waals surface area contributed by atoms with E-state index in [-0.39, 0.29) is 27.8 Å². The number of aromatic carboxylic acids is 1. The summed E-state index contributed by atoms with van der Waals surface area (Å²) < 4.78 is 33.7. The van der Waals surface area contributed by atoms with Crippen molar-refractivity contribution >= 4 is 45.3 Å². The van der Waals surface area contributed by atoms with Crippen molar-refractivity contribution in [3.05, 3.63) is 94.0 Å². The van der Waals surface area contributed by atoms with Crippen molar-refractivity contribution in [3.8, 4) is 0 Å². The quantitative estimate of drug-likeness (QED) is 0.376. The largest absolute Gasteiger partial charge is 0.478 e. The molecule has 0 saturated heterocycles. The number of para-hydroxylation sites is 1. The van der Waals surface area contributed by atoms with Gasteiger partial charge in [0.1, 0.15) is 10.5 Å². The smallest absolute Gasteiger partial charge is 0.424 e. The van der Waals surface area contributed by atoms with Crippen LogP contribution in [-0.2, 0) is 27.7 Å². The van der Waals surface area contributed by atoms with Crippen LogP contribution in [0, 0.1) is 0 Å². The van der Waals surface area contributed by atoms with Gasteiger partial charge in [0.2, 0.25) is 0 Å². The van der Waals surface area contributed by atoms with Crippen molar-refractivity contribution in [2.24, 2.45) is 0 Å². The highest BCUT2D eigenvalue weighted by atomic mass is 35.5. The van der Waals surface area contributed by atoms with Crippen LogP contribution in [0.25, 0.3) is 0 Å². The second-order valence-electron chi connectivity index (χ2n) is 10.6. The number of carboxylic acid groups (broad SMARTS) is 1. The number of hydrazine groups is 1. The van der Waals surface area contributed by atoms with Gasteiger partial charge < -0.3 is 9.84 Å². The number of hydrogen-bond acceptors (Lipinski definition) is 7. The minimum absolute atomic E-state index is 0.00145. The normalized spacial score (nSPS) is 14.8. The maximum atomic E-state index is 13.9. The van der Waals surface area contributed by atoms with Crippen molar-refractivity contribution in [1.29, 1.82) is 0 Å². The van der Waals surface area contributed by atoms with Crippen LogP contribution in [0.3, 0.4) is 0 Å². The fraction of sp³-hybridized carbons (Fsp3) is 0.276. The predicted molar refractivity (Wildman–Crippen MR) is 153 cm³/mol. The van der Waals surface area contributed by atoms with E-state index in [0.717, 1.165) is 23.7 Å². The van der Waals surface area contributed by atoms with E-state index >= 15 is 0 Å². The Labute approximate surface area is 243 Å². The van der Waals surface area contributed by atoms with Crippen molar-refractivity contribution in [3.63, 3.8) is 0 Å². The molecule has 3 aromatic carbocycles. The monoisotopic (exact) mass is 599 g/mol. The van der Waals surface area contributed by atoms with Gasteiger partial charge in [-0.25, -0.2) is 18.0 Å². The Morgan fingerprint density at radius 3 is 2.44 bits per heavy atom.